The van der Waals surface area contributed by atoms with E-state index in [4.69, 9.17) is 4.74 Å². The second-order valence-electron chi connectivity index (χ2n) is 7.31. The number of ether oxygens (including phenoxy) is 1. The molecule has 2 aliphatic heterocycles. The van der Waals surface area contributed by atoms with E-state index in [1.807, 2.05) is 4.90 Å². The van der Waals surface area contributed by atoms with Gasteiger partial charge in [0.2, 0.25) is 5.91 Å². The monoisotopic (exact) mass is 399 g/mol. The first-order valence-electron chi connectivity index (χ1n) is 9.44. The normalized spacial score (nSPS) is 21.5. The van der Waals surface area contributed by atoms with Crippen molar-refractivity contribution in [1.29, 1.82) is 0 Å². The lowest BCUT2D eigenvalue weighted by Gasteiger charge is -2.37. The number of piperidine rings is 2. The Morgan fingerprint density at radius 2 is 1.82 bits per heavy atom. The van der Waals surface area contributed by atoms with Crippen molar-refractivity contribution >= 4 is 17.7 Å². The molecule has 2 aliphatic rings. The van der Waals surface area contributed by atoms with Crippen LogP contribution in [0.4, 0.5) is 19.0 Å². The van der Waals surface area contributed by atoms with Gasteiger partial charge in [-0.15, -0.1) is 0 Å². The molecule has 154 valence electrons. The minimum Gasteiger partial charge on any atom is -0.469 e. The van der Waals surface area contributed by atoms with Gasteiger partial charge in [-0.25, -0.2) is 4.98 Å². The number of nitrogens with zero attached hydrogens (tertiary/aromatic N) is 3. The SMILES string of the molecule is COC(=O)C1CCN(C(=O)C2CCCN(c3ccc(C(F)(F)F)cn3)C2)CC1. The number of anilines is 1. The van der Waals surface area contributed by atoms with E-state index in [9.17, 15) is 22.8 Å². The number of halogens is 3. The Hall–Kier alpha value is -2.32. The maximum Gasteiger partial charge on any atom is 0.417 e. The van der Waals surface area contributed by atoms with Gasteiger partial charge in [-0.2, -0.15) is 13.2 Å². The number of carbonyl (C=O) groups excluding carboxylic acids is 2. The lowest BCUT2D eigenvalue weighted by atomic mass is 9.93. The maximum atomic E-state index is 12.9. The van der Waals surface area contributed by atoms with Gasteiger partial charge < -0.3 is 14.5 Å². The van der Waals surface area contributed by atoms with Crippen LogP contribution >= 0.6 is 0 Å². The Bertz CT molecular complexity index is 701. The number of hydrogen-bond acceptors (Lipinski definition) is 5. The summed E-state index contributed by atoms with van der Waals surface area (Å²) in [6.07, 6.45) is -0.879. The number of likely N-dealkylation sites (tertiary alicyclic amines) is 1. The van der Waals surface area contributed by atoms with Gasteiger partial charge in [0.1, 0.15) is 5.82 Å². The maximum absolute atomic E-state index is 12.9. The summed E-state index contributed by atoms with van der Waals surface area (Å²) >= 11 is 0. The zero-order valence-corrected chi connectivity index (χ0v) is 15.7. The van der Waals surface area contributed by atoms with E-state index in [0.29, 0.717) is 44.8 Å². The molecule has 0 saturated carbocycles. The van der Waals surface area contributed by atoms with Gasteiger partial charge in [0, 0.05) is 32.4 Å². The van der Waals surface area contributed by atoms with Gasteiger partial charge in [0.05, 0.1) is 24.5 Å². The molecule has 0 N–H and O–H groups in total. The van der Waals surface area contributed by atoms with E-state index < -0.39 is 11.7 Å². The Morgan fingerprint density at radius 3 is 2.39 bits per heavy atom. The number of hydrogen-bond donors (Lipinski definition) is 0. The van der Waals surface area contributed by atoms with Crippen molar-refractivity contribution in [2.75, 3.05) is 38.2 Å². The highest BCUT2D eigenvalue weighted by molar-refractivity contribution is 5.80. The van der Waals surface area contributed by atoms with Crippen LogP contribution in [0.5, 0.6) is 0 Å². The lowest BCUT2D eigenvalue weighted by Crippen LogP contribution is -2.48. The average Bonchev–Trinajstić information content (AvgIpc) is 2.72. The van der Waals surface area contributed by atoms with E-state index in [1.54, 1.807) is 4.90 Å². The average molecular weight is 399 g/mol. The van der Waals surface area contributed by atoms with E-state index in [0.717, 1.165) is 25.1 Å². The third-order valence-corrected chi connectivity index (χ3v) is 5.51. The molecule has 1 aromatic rings. The molecule has 1 atom stereocenters. The van der Waals surface area contributed by atoms with Crippen LogP contribution in [-0.2, 0) is 20.5 Å². The van der Waals surface area contributed by atoms with Crippen LogP contribution in [0.25, 0.3) is 0 Å². The Kier molecular flexibility index (Phi) is 6.10. The first-order chi connectivity index (χ1) is 13.3. The minimum atomic E-state index is -4.41. The number of rotatable bonds is 3. The first kappa shape index (κ1) is 20.4. The van der Waals surface area contributed by atoms with Gasteiger partial charge in [-0.1, -0.05) is 0 Å². The molecule has 6 nitrogen and oxygen atoms in total. The third kappa shape index (κ3) is 4.56. The Morgan fingerprint density at radius 1 is 1.11 bits per heavy atom. The molecular formula is C19H24F3N3O3. The first-order valence-corrected chi connectivity index (χ1v) is 9.44. The fourth-order valence-corrected chi connectivity index (χ4v) is 3.89. The number of pyridine rings is 1. The van der Waals surface area contributed by atoms with Gasteiger partial charge in [-0.05, 0) is 37.8 Å². The summed E-state index contributed by atoms with van der Waals surface area (Å²) in [5.41, 5.74) is -0.783. The standard InChI is InChI=1S/C19H24F3N3O3/c1-28-18(27)13-6-9-24(10-7-13)17(26)14-3-2-8-25(12-14)16-5-4-15(11-23-16)19(20,21)22/h4-5,11,13-14H,2-3,6-10,12H2,1H3. The third-order valence-electron chi connectivity index (χ3n) is 5.51. The number of carbonyl (C=O) groups is 2. The quantitative estimate of drug-likeness (QED) is 0.732. The van der Waals surface area contributed by atoms with Crippen LogP contribution in [0.3, 0.4) is 0 Å². The van der Waals surface area contributed by atoms with Crippen LogP contribution in [0.1, 0.15) is 31.2 Å². The lowest BCUT2D eigenvalue weighted by molar-refractivity contribution is -0.149. The predicted octanol–water partition coefficient (Wildman–Crippen LogP) is 2.73. The van der Waals surface area contributed by atoms with Crippen LogP contribution in [-0.4, -0.2) is 55.0 Å². The van der Waals surface area contributed by atoms with Crippen molar-refractivity contribution in [2.45, 2.75) is 31.9 Å². The summed E-state index contributed by atoms with van der Waals surface area (Å²) in [6, 6.07) is 2.38. The summed E-state index contributed by atoms with van der Waals surface area (Å²) in [5, 5.41) is 0. The smallest absolute Gasteiger partial charge is 0.417 e. The summed E-state index contributed by atoms with van der Waals surface area (Å²) in [6.45, 7) is 2.14. The van der Waals surface area contributed by atoms with E-state index in [2.05, 4.69) is 4.98 Å². The molecular weight excluding hydrogens is 375 g/mol. The van der Waals surface area contributed by atoms with Crippen molar-refractivity contribution in [3.63, 3.8) is 0 Å². The van der Waals surface area contributed by atoms with Crippen LogP contribution in [0.15, 0.2) is 18.3 Å². The molecule has 9 heteroatoms. The second-order valence-corrected chi connectivity index (χ2v) is 7.31. The summed E-state index contributed by atoms with van der Waals surface area (Å²) < 4.78 is 42.9. The van der Waals surface area contributed by atoms with Gasteiger partial charge in [0.15, 0.2) is 0 Å². The van der Waals surface area contributed by atoms with Gasteiger partial charge in [0.25, 0.3) is 0 Å². The number of aromatic nitrogens is 1. The molecule has 0 bridgehead atoms. The Balaban J connectivity index is 1.59. The van der Waals surface area contributed by atoms with Gasteiger partial charge in [-0.3, -0.25) is 9.59 Å². The highest BCUT2D eigenvalue weighted by Gasteiger charge is 2.34. The largest absolute Gasteiger partial charge is 0.469 e. The molecule has 0 spiro atoms. The summed E-state index contributed by atoms with van der Waals surface area (Å²) in [4.78, 5) is 32.1. The molecule has 1 aromatic heterocycles. The summed E-state index contributed by atoms with van der Waals surface area (Å²) in [5.74, 6) is -0.111. The fraction of sp³-hybridized carbons (Fsp3) is 0.632. The molecule has 2 fully saturated rings. The van der Waals surface area contributed by atoms with Crippen molar-refractivity contribution in [1.82, 2.24) is 9.88 Å². The topological polar surface area (TPSA) is 62.7 Å². The molecule has 3 rings (SSSR count). The van der Waals surface area contributed by atoms with Gasteiger partial charge >= 0.3 is 12.1 Å². The molecule has 28 heavy (non-hydrogen) atoms. The van der Waals surface area contributed by atoms with Crippen molar-refractivity contribution in [2.24, 2.45) is 11.8 Å². The molecule has 0 aliphatic carbocycles. The summed E-state index contributed by atoms with van der Waals surface area (Å²) in [7, 11) is 1.37. The second kappa shape index (κ2) is 8.36. The molecule has 0 radical (unpaired) electrons. The molecule has 1 unspecified atom stereocenters. The molecule has 1 amide bonds. The molecule has 3 heterocycles. The minimum absolute atomic E-state index is 0.0416. The molecule has 0 aromatic carbocycles. The number of amides is 1. The number of methoxy groups -OCH3 is 1. The predicted molar refractivity (Wildman–Crippen MR) is 95.5 cm³/mol. The zero-order valence-electron chi connectivity index (χ0n) is 15.7. The van der Waals surface area contributed by atoms with Crippen molar-refractivity contribution < 1.29 is 27.5 Å². The highest BCUT2D eigenvalue weighted by atomic mass is 19.4. The van der Waals surface area contributed by atoms with Crippen molar-refractivity contribution in [3.8, 4) is 0 Å². The van der Waals surface area contributed by atoms with Crippen molar-refractivity contribution in [3.05, 3.63) is 23.9 Å². The number of alkyl halides is 3. The highest BCUT2D eigenvalue weighted by Crippen LogP contribution is 2.30. The fourth-order valence-electron chi connectivity index (χ4n) is 3.89. The Labute approximate surface area is 161 Å². The van der Waals surface area contributed by atoms with Crippen LogP contribution < -0.4 is 4.90 Å². The molecule has 2 saturated heterocycles. The number of esters is 1. The van der Waals surface area contributed by atoms with E-state index in [-0.39, 0.29) is 23.7 Å². The van der Waals surface area contributed by atoms with Crippen LogP contribution in [0, 0.1) is 11.8 Å². The zero-order chi connectivity index (χ0) is 20.3. The van der Waals surface area contributed by atoms with Crippen LogP contribution in [0.2, 0.25) is 0 Å². The van der Waals surface area contributed by atoms with E-state index in [1.165, 1.54) is 13.2 Å². The van der Waals surface area contributed by atoms with E-state index >= 15 is 0 Å².